The van der Waals surface area contributed by atoms with E-state index in [0.29, 0.717) is 6.54 Å². The molecule has 17 heavy (non-hydrogen) atoms. The molecule has 0 saturated heterocycles. The molecule has 1 atom stereocenters. The Bertz CT molecular complexity index is 333. The van der Waals surface area contributed by atoms with Gasteiger partial charge in [0.2, 0.25) is 0 Å². The molecule has 1 aromatic rings. The van der Waals surface area contributed by atoms with E-state index in [0.717, 1.165) is 31.5 Å². The lowest BCUT2D eigenvalue weighted by Crippen LogP contribution is -2.36. The zero-order valence-corrected chi connectivity index (χ0v) is 11.1. The van der Waals surface area contributed by atoms with Crippen molar-refractivity contribution in [1.82, 2.24) is 15.0 Å². The first kappa shape index (κ1) is 14.1. The maximum atomic E-state index is 10.2. The van der Waals surface area contributed by atoms with Gasteiger partial charge in [-0.2, -0.15) is 0 Å². The number of nitrogens with two attached hydrogens (primary N) is 1. The lowest BCUT2D eigenvalue weighted by Gasteiger charge is -2.26. The fourth-order valence-electron chi connectivity index (χ4n) is 1.49. The van der Waals surface area contributed by atoms with Gasteiger partial charge in [0.05, 0.1) is 17.8 Å². The van der Waals surface area contributed by atoms with Crippen LogP contribution in [0.4, 0.5) is 0 Å². The monoisotopic (exact) mass is 240 g/mol. The summed E-state index contributed by atoms with van der Waals surface area (Å²) >= 11 is 0. The molecule has 98 valence electrons. The van der Waals surface area contributed by atoms with Gasteiger partial charge in [0.25, 0.3) is 0 Å². The van der Waals surface area contributed by atoms with Crippen molar-refractivity contribution in [2.45, 2.75) is 52.2 Å². The SMILES string of the molecule is CC(C)C(C)(O)Cn1cc(CCCCN)nn1. The minimum atomic E-state index is -0.748. The van der Waals surface area contributed by atoms with Crippen molar-refractivity contribution in [3.05, 3.63) is 11.9 Å². The van der Waals surface area contributed by atoms with Gasteiger partial charge in [-0.05, 0) is 38.6 Å². The van der Waals surface area contributed by atoms with Gasteiger partial charge in [-0.15, -0.1) is 5.10 Å². The second-order valence-corrected chi connectivity index (χ2v) is 5.17. The van der Waals surface area contributed by atoms with E-state index in [-0.39, 0.29) is 5.92 Å². The number of aromatic nitrogens is 3. The summed E-state index contributed by atoms with van der Waals surface area (Å²) in [7, 11) is 0. The minimum Gasteiger partial charge on any atom is -0.388 e. The number of aryl methyl sites for hydroxylation is 1. The van der Waals surface area contributed by atoms with Crippen molar-refractivity contribution >= 4 is 0 Å². The number of rotatable bonds is 7. The third-order valence-electron chi connectivity index (χ3n) is 3.20. The van der Waals surface area contributed by atoms with Crippen LogP contribution in [0.1, 0.15) is 39.3 Å². The van der Waals surface area contributed by atoms with Gasteiger partial charge < -0.3 is 10.8 Å². The molecule has 0 aliphatic heterocycles. The normalized spacial score (nSPS) is 15.2. The first-order valence-electron chi connectivity index (χ1n) is 6.27. The van der Waals surface area contributed by atoms with E-state index in [2.05, 4.69) is 10.3 Å². The molecule has 5 nitrogen and oxygen atoms in total. The summed E-state index contributed by atoms with van der Waals surface area (Å²) in [6.45, 7) is 7.02. The molecule has 0 radical (unpaired) electrons. The molecule has 0 aliphatic rings. The van der Waals surface area contributed by atoms with E-state index in [1.807, 2.05) is 27.0 Å². The van der Waals surface area contributed by atoms with E-state index in [1.54, 1.807) is 4.68 Å². The Kier molecular flexibility index (Phi) is 5.08. The zero-order chi connectivity index (χ0) is 12.9. The lowest BCUT2D eigenvalue weighted by molar-refractivity contribution is -0.00611. The lowest BCUT2D eigenvalue weighted by atomic mass is 9.93. The predicted octanol–water partition coefficient (Wildman–Crippen LogP) is 0.966. The van der Waals surface area contributed by atoms with Gasteiger partial charge in [-0.1, -0.05) is 19.1 Å². The molecule has 0 saturated carbocycles. The molecule has 0 bridgehead atoms. The van der Waals surface area contributed by atoms with Crippen LogP contribution in [0.5, 0.6) is 0 Å². The van der Waals surface area contributed by atoms with Crippen LogP contribution in [0.2, 0.25) is 0 Å². The third kappa shape index (κ3) is 4.44. The molecule has 0 aromatic carbocycles. The van der Waals surface area contributed by atoms with E-state index in [4.69, 9.17) is 5.73 Å². The maximum Gasteiger partial charge on any atom is 0.0838 e. The van der Waals surface area contributed by atoms with Gasteiger partial charge in [0.1, 0.15) is 0 Å². The highest BCUT2D eigenvalue weighted by atomic mass is 16.3. The fourth-order valence-corrected chi connectivity index (χ4v) is 1.49. The number of hydrogen-bond acceptors (Lipinski definition) is 4. The highest BCUT2D eigenvalue weighted by Crippen LogP contribution is 2.18. The molecule has 0 aliphatic carbocycles. The smallest absolute Gasteiger partial charge is 0.0838 e. The van der Waals surface area contributed by atoms with Crippen molar-refractivity contribution in [3.63, 3.8) is 0 Å². The molecule has 0 amide bonds. The van der Waals surface area contributed by atoms with Crippen LogP contribution in [0.3, 0.4) is 0 Å². The van der Waals surface area contributed by atoms with Crippen LogP contribution in [0.15, 0.2) is 6.20 Å². The molecule has 5 heteroatoms. The van der Waals surface area contributed by atoms with E-state index in [9.17, 15) is 5.11 Å². The molecule has 1 unspecified atom stereocenters. The topological polar surface area (TPSA) is 77.0 Å². The van der Waals surface area contributed by atoms with Crippen molar-refractivity contribution < 1.29 is 5.11 Å². The Morgan fingerprint density at radius 3 is 2.76 bits per heavy atom. The van der Waals surface area contributed by atoms with Gasteiger partial charge in [0, 0.05) is 6.20 Å². The first-order valence-corrected chi connectivity index (χ1v) is 6.27. The molecule has 3 N–H and O–H groups in total. The largest absolute Gasteiger partial charge is 0.388 e. The Morgan fingerprint density at radius 1 is 1.47 bits per heavy atom. The van der Waals surface area contributed by atoms with Crippen molar-refractivity contribution in [3.8, 4) is 0 Å². The summed E-state index contributed by atoms with van der Waals surface area (Å²) in [4.78, 5) is 0. The maximum absolute atomic E-state index is 10.2. The average Bonchev–Trinajstić information content (AvgIpc) is 2.65. The molecule has 0 fully saturated rings. The number of nitrogens with zero attached hydrogens (tertiary/aromatic N) is 3. The van der Waals surface area contributed by atoms with Crippen molar-refractivity contribution in [1.29, 1.82) is 0 Å². The Morgan fingerprint density at radius 2 is 2.18 bits per heavy atom. The van der Waals surface area contributed by atoms with E-state index >= 15 is 0 Å². The highest BCUT2D eigenvalue weighted by molar-refractivity contribution is 4.93. The Hall–Kier alpha value is -0.940. The quantitative estimate of drug-likeness (QED) is 0.696. The second-order valence-electron chi connectivity index (χ2n) is 5.17. The van der Waals surface area contributed by atoms with Crippen molar-refractivity contribution in [2.75, 3.05) is 6.54 Å². The molecular formula is C12H24N4O. The summed E-state index contributed by atoms with van der Waals surface area (Å²) in [5.41, 5.74) is 5.66. The van der Waals surface area contributed by atoms with Crippen molar-refractivity contribution in [2.24, 2.45) is 11.7 Å². The summed E-state index contributed by atoms with van der Waals surface area (Å²) < 4.78 is 1.72. The fraction of sp³-hybridized carbons (Fsp3) is 0.833. The van der Waals surface area contributed by atoms with Crippen LogP contribution in [-0.2, 0) is 13.0 Å². The van der Waals surface area contributed by atoms with Gasteiger partial charge in [-0.3, -0.25) is 0 Å². The predicted molar refractivity (Wildman–Crippen MR) is 67.5 cm³/mol. The number of hydrogen-bond donors (Lipinski definition) is 2. The molecular weight excluding hydrogens is 216 g/mol. The molecule has 0 spiro atoms. The summed E-state index contributed by atoms with van der Waals surface area (Å²) in [5, 5.41) is 18.3. The van der Waals surface area contributed by atoms with Crippen LogP contribution in [0.25, 0.3) is 0 Å². The first-order chi connectivity index (χ1) is 7.95. The second kappa shape index (κ2) is 6.12. The summed E-state index contributed by atoms with van der Waals surface area (Å²) in [6.07, 6.45) is 4.86. The molecule has 1 rings (SSSR count). The third-order valence-corrected chi connectivity index (χ3v) is 3.20. The van der Waals surface area contributed by atoms with E-state index < -0.39 is 5.60 Å². The standard InChI is InChI=1S/C12H24N4O/c1-10(2)12(3,17)9-16-8-11(14-15-16)6-4-5-7-13/h8,10,17H,4-7,9,13H2,1-3H3. The van der Waals surface area contributed by atoms with Crippen LogP contribution < -0.4 is 5.73 Å². The highest BCUT2D eigenvalue weighted by Gasteiger charge is 2.25. The van der Waals surface area contributed by atoms with Gasteiger partial charge >= 0.3 is 0 Å². The molecule has 1 heterocycles. The average molecular weight is 240 g/mol. The molecule has 1 aromatic heterocycles. The Labute approximate surface area is 103 Å². The number of unbranched alkanes of at least 4 members (excludes halogenated alkanes) is 1. The summed E-state index contributed by atoms with van der Waals surface area (Å²) in [6, 6.07) is 0. The zero-order valence-electron chi connectivity index (χ0n) is 11.1. The van der Waals surface area contributed by atoms with E-state index in [1.165, 1.54) is 0 Å². The van der Waals surface area contributed by atoms with Crippen LogP contribution in [0, 0.1) is 5.92 Å². The summed E-state index contributed by atoms with van der Waals surface area (Å²) in [5.74, 6) is 0.187. The van der Waals surface area contributed by atoms with Gasteiger partial charge in [0.15, 0.2) is 0 Å². The Balaban J connectivity index is 2.51. The van der Waals surface area contributed by atoms with Gasteiger partial charge in [-0.25, -0.2) is 4.68 Å². The minimum absolute atomic E-state index is 0.187. The van der Waals surface area contributed by atoms with Crippen LogP contribution in [-0.4, -0.2) is 32.2 Å². The number of aliphatic hydroxyl groups is 1. The van der Waals surface area contributed by atoms with Crippen LogP contribution >= 0.6 is 0 Å².